The minimum absolute atomic E-state index is 0.277. The maximum absolute atomic E-state index is 11.0. The third-order valence-corrected chi connectivity index (χ3v) is 2.45. The Morgan fingerprint density at radius 3 is 3.12 bits per heavy atom. The molecule has 0 fully saturated rings. The number of rotatable bonds is 4. The smallest absolute Gasteiger partial charge is 0.337 e. The summed E-state index contributed by atoms with van der Waals surface area (Å²) in [6.07, 6.45) is 4.84. The van der Waals surface area contributed by atoms with E-state index in [-0.39, 0.29) is 5.56 Å². The third kappa shape index (κ3) is 1.77. The van der Waals surface area contributed by atoms with E-state index >= 15 is 0 Å². The van der Waals surface area contributed by atoms with Crippen molar-refractivity contribution in [2.24, 2.45) is 0 Å². The van der Waals surface area contributed by atoms with Gasteiger partial charge in [-0.1, -0.05) is 0 Å². The normalized spacial score (nSPS) is 10.8. The quantitative estimate of drug-likeness (QED) is 0.845. The Bertz CT molecular complexity index is 519. The van der Waals surface area contributed by atoms with E-state index in [9.17, 15) is 4.79 Å². The average molecular weight is 220 g/mol. The molecule has 1 N–H and O–H groups in total. The molecule has 16 heavy (non-hydrogen) atoms. The minimum atomic E-state index is -0.936. The topological polar surface area (TPSA) is 64.3 Å². The van der Waals surface area contributed by atoms with Gasteiger partial charge in [0.25, 0.3) is 0 Å². The Morgan fingerprint density at radius 2 is 2.44 bits per heavy atom. The molecule has 0 amide bonds. The number of ether oxygens (including phenoxy) is 1. The van der Waals surface area contributed by atoms with E-state index in [1.165, 1.54) is 0 Å². The van der Waals surface area contributed by atoms with Gasteiger partial charge in [0.05, 0.1) is 17.7 Å². The molecule has 0 saturated carbocycles. The predicted octanol–water partition coefficient (Wildman–Crippen LogP) is 1.38. The molecule has 0 spiro atoms. The number of aromatic carboxylic acids is 1. The van der Waals surface area contributed by atoms with Crippen molar-refractivity contribution < 1.29 is 14.6 Å². The van der Waals surface area contributed by atoms with Gasteiger partial charge in [0.2, 0.25) is 0 Å². The summed E-state index contributed by atoms with van der Waals surface area (Å²) in [5.41, 5.74) is 1.14. The van der Waals surface area contributed by atoms with Crippen molar-refractivity contribution >= 4 is 16.9 Å². The Labute approximate surface area is 92.3 Å². The lowest BCUT2D eigenvalue weighted by Crippen LogP contribution is -2.02. The molecule has 0 aliphatic heterocycles. The van der Waals surface area contributed by atoms with Gasteiger partial charge in [0.1, 0.15) is 0 Å². The second-order valence-electron chi connectivity index (χ2n) is 3.43. The first-order valence-corrected chi connectivity index (χ1v) is 4.89. The lowest BCUT2D eigenvalue weighted by Gasteiger charge is -2.02. The van der Waals surface area contributed by atoms with Gasteiger partial charge in [-0.2, -0.15) is 0 Å². The summed E-state index contributed by atoms with van der Waals surface area (Å²) in [5, 5.41) is 9.71. The molecular weight excluding hydrogens is 208 g/mol. The monoisotopic (exact) mass is 220 g/mol. The molecule has 0 aromatic carbocycles. The highest BCUT2D eigenvalue weighted by atomic mass is 16.5. The number of hydrogen-bond donors (Lipinski definition) is 1. The largest absolute Gasteiger partial charge is 0.478 e. The zero-order valence-corrected chi connectivity index (χ0v) is 8.88. The summed E-state index contributed by atoms with van der Waals surface area (Å²) in [4.78, 5) is 15.0. The molecule has 2 aromatic rings. The van der Waals surface area contributed by atoms with Crippen molar-refractivity contribution in [3.8, 4) is 0 Å². The molecule has 84 valence electrons. The summed E-state index contributed by atoms with van der Waals surface area (Å²) in [6.45, 7) is 1.18. The first-order chi connectivity index (χ1) is 7.74. The van der Waals surface area contributed by atoms with Crippen molar-refractivity contribution in [2.75, 3.05) is 13.7 Å². The summed E-state index contributed by atoms with van der Waals surface area (Å²) in [6, 6.07) is 1.80. The second kappa shape index (κ2) is 4.32. The second-order valence-corrected chi connectivity index (χ2v) is 3.43. The van der Waals surface area contributed by atoms with Crippen molar-refractivity contribution in [1.29, 1.82) is 0 Å². The van der Waals surface area contributed by atoms with Crippen LogP contribution in [-0.4, -0.2) is 34.3 Å². The zero-order chi connectivity index (χ0) is 11.5. The first-order valence-electron chi connectivity index (χ1n) is 4.89. The molecule has 2 aromatic heterocycles. The minimum Gasteiger partial charge on any atom is -0.478 e. The van der Waals surface area contributed by atoms with Crippen LogP contribution in [0.15, 0.2) is 24.7 Å². The van der Waals surface area contributed by atoms with Crippen LogP contribution in [0.5, 0.6) is 0 Å². The van der Waals surface area contributed by atoms with E-state index in [4.69, 9.17) is 9.84 Å². The lowest BCUT2D eigenvalue weighted by molar-refractivity contribution is 0.0698. The van der Waals surface area contributed by atoms with Crippen molar-refractivity contribution in [2.45, 2.75) is 6.54 Å². The van der Waals surface area contributed by atoms with Gasteiger partial charge in [0.15, 0.2) is 0 Å². The number of methoxy groups -OCH3 is 1. The number of carbonyl (C=O) groups is 1. The molecule has 0 bridgehead atoms. The van der Waals surface area contributed by atoms with Crippen LogP contribution in [-0.2, 0) is 11.3 Å². The molecule has 0 radical (unpaired) electrons. The van der Waals surface area contributed by atoms with E-state index in [0.29, 0.717) is 18.5 Å². The van der Waals surface area contributed by atoms with Gasteiger partial charge in [-0.05, 0) is 6.07 Å². The number of carboxylic acids is 1. The van der Waals surface area contributed by atoms with Crippen molar-refractivity contribution in [1.82, 2.24) is 9.55 Å². The lowest BCUT2D eigenvalue weighted by atomic mass is 10.2. The molecule has 0 atom stereocenters. The van der Waals surface area contributed by atoms with Crippen LogP contribution < -0.4 is 0 Å². The van der Waals surface area contributed by atoms with Gasteiger partial charge < -0.3 is 14.4 Å². The predicted molar refractivity (Wildman–Crippen MR) is 58.6 cm³/mol. The fraction of sp³-hybridized carbons (Fsp3) is 0.273. The first kappa shape index (κ1) is 10.6. The number of carboxylic acid groups (broad SMARTS) is 1. The summed E-state index contributed by atoms with van der Waals surface area (Å²) >= 11 is 0. The highest BCUT2D eigenvalue weighted by Crippen LogP contribution is 2.20. The van der Waals surface area contributed by atoms with E-state index in [1.54, 1.807) is 31.8 Å². The van der Waals surface area contributed by atoms with Crippen molar-refractivity contribution in [3.63, 3.8) is 0 Å². The van der Waals surface area contributed by atoms with Gasteiger partial charge >= 0.3 is 5.97 Å². The van der Waals surface area contributed by atoms with Gasteiger partial charge in [-0.15, -0.1) is 0 Å². The van der Waals surface area contributed by atoms with E-state index in [0.717, 1.165) is 5.52 Å². The SMILES string of the molecule is COCCn1cc(C(=O)O)c2cnccc21. The molecular formula is C11H12N2O3. The summed E-state index contributed by atoms with van der Waals surface area (Å²) < 4.78 is 6.85. The maximum Gasteiger partial charge on any atom is 0.337 e. The molecule has 0 unspecified atom stereocenters. The van der Waals surface area contributed by atoms with E-state index in [2.05, 4.69) is 4.98 Å². The molecule has 0 saturated heterocycles. The van der Waals surface area contributed by atoms with Gasteiger partial charge in [-0.25, -0.2) is 4.79 Å². The number of pyridine rings is 1. The number of hydrogen-bond acceptors (Lipinski definition) is 3. The molecule has 2 heterocycles. The molecule has 5 nitrogen and oxygen atoms in total. The number of fused-ring (bicyclic) bond motifs is 1. The summed E-state index contributed by atoms with van der Waals surface area (Å²) in [7, 11) is 1.62. The van der Waals surface area contributed by atoms with Crippen LogP contribution >= 0.6 is 0 Å². The highest BCUT2D eigenvalue weighted by Gasteiger charge is 2.13. The molecule has 5 heteroatoms. The standard InChI is InChI=1S/C11H12N2O3/c1-16-5-4-13-7-9(11(14)15)8-6-12-3-2-10(8)13/h2-3,6-7H,4-5H2,1H3,(H,14,15). The number of aromatic nitrogens is 2. The Morgan fingerprint density at radius 1 is 1.62 bits per heavy atom. The summed E-state index contributed by atoms with van der Waals surface area (Å²) in [5.74, 6) is -0.936. The fourth-order valence-corrected chi connectivity index (χ4v) is 1.69. The van der Waals surface area contributed by atoms with Gasteiger partial charge in [0, 0.05) is 37.6 Å². The third-order valence-electron chi connectivity index (χ3n) is 2.45. The van der Waals surface area contributed by atoms with Crippen LogP contribution in [0.25, 0.3) is 10.9 Å². The average Bonchev–Trinajstić information content (AvgIpc) is 2.65. The van der Waals surface area contributed by atoms with Crippen LogP contribution in [0.2, 0.25) is 0 Å². The van der Waals surface area contributed by atoms with E-state index in [1.807, 2.05) is 4.57 Å². The Balaban J connectivity index is 2.53. The van der Waals surface area contributed by atoms with Crippen LogP contribution in [0.3, 0.4) is 0 Å². The highest BCUT2D eigenvalue weighted by molar-refractivity contribution is 6.03. The Hall–Kier alpha value is -1.88. The van der Waals surface area contributed by atoms with Crippen LogP contribution in [0.4, 0.5) is 0 Å². The van der Waals surface area contributed by atoms with Gasteiger partial charge in [-0.3, -0.25) is 4.98 Å². The fourth-order valence-electron chi connectivity index (χ4n) is 1.69. The molecule has 0 aliphatic carbocycles. The molecule has 0 aliphatic rings. The maximum atomic E-state index is 11.0. The van der Waals surface area contributed by atoms with Crippen LogP contribution in [0.1, 0.15) is 10.4 Å². The zero-order valence-electron chi connectivity index (χ0n) is 8.88. The number of nitrogens with zero attached hydrogens (tertiary/aromatic N) is 2. The van der Waals surface area contributed by atoms with Crippen LogP contribution in [0, 0.1) is 0 Å². The molecule has 2 rings (SSSR count). The van der Waals surface area contributed by atoms with E-state index < -0.39 is 5.97 Å². The Kier molecular flexibility index (Phi) is 2.87. The van der Waals surface area contributed by atoms with Crippen molar-refractivity contribution in [3.05, 3.63) is 30.2 Å².